The summed E-state index contributed by atoms with van der Waals surface area (Å²) < 4.78 is 0. The molecule has 12 heavy (non-hydrogen) atoms. The van der Waals surface area contributed by atoms with Crippen molar-refractivity contribution in [3.63, 3.8) is 0 Å². The van der Waals surface area contributed by atoms with Crippen LogP contribution in [0.2, 0.25) is 0 Å². The van der Waals surface area contributed by atoms with Crippen molar-refractivity contribution in [1.29, 1.82) is 5.26 Å². The molecule has 0 amide bonds. The Kier molecular flexibility index (Phi) is 2.54. The van der Waals surface area contributed by atoms with E-state index in [0.717, 1.165) is 5.56 Å². The Morgan fingerprint density at radius 1 is 1.50 bits per heavy atom. The second-order valence-corrected chi connectivity index (χ2v) is 2.55. The first-order chi connectivity index (χ1) is 5.74. The van der Waals surface area contributed by atoms with Crippen LogP contribution in [0.25, 0.3) is 0 Å². The van der Waals surface area contributed by atoms with E-state index >= 15 is 0 Å². The van der Waals surface area contributed by atoms with Crippen LogP contribution in [0.15, 0.2) is 18.2 Å². The van der Waals surface area contributed by atoms with E-state index in [4.69, 9.17) is 16.1 Å². The van der Waals surface area contributed by atoms with Gasteiger partial charge in [-0.2, -0.15) is 5.26 Å². The third-order valence-corrected chi connectivity index (χ3v) is 1.62. The fraction of sp³-hybridized carbons (Fsp3) is 0.222. The summed E-state index contributed by atoms with van der Waals surface area (Å²) >= 11 is 0. The normalized spacial score (nSPS) is 9.25. The van der Waals surface area contributed by atoms with Gasteiger partial charge in [0.1, 0.15) is 5.75 Å². The lowest BCUT2D eigenvalue weighted by Crippen LogP contribution is -1.89. The summed E-state index contributed by atoms with van der Waals surface area (Å²) in [4.78, 5) is 0. The molecule has 0 spiro atoms. The molecule has 3 heteroatoms. The summed E-state index contributed by atoms with van der Waals surface area (Å²) in [6.45, 7) is 0. The van der Waals surface area contributed by atoms with Crippen molar-refractivity contribution < 1.29 is 5.11 Å². The molecule has 0 aromatic heterocycles. The van der Waals surface area contributed by atoms with E-state index in [-0.39, 0.29) is 5.75 Å². The first-order valence-corrected chi connectivity index (χ1v) is 3.68. The number of benzene rings is 1. The number of hydrogen-bond donors (Lipinski definition) is 2. The Hall–Kier alpha value is -1.69. The van der Waals surface area contributed by atoms with E-state index in [0.29, 0.717) is 18.5 Å². The molecule has 0 unspecified atom stereocenters. The van der Waals surface area contributed by atoms with Crippen LogP contribution in [0.1, 0.15) is 12.0 Å². The summed E-state index contributed by atoms with van der Waals surface area (Å²) in [6.07, 6.45) is 1.16. The summed E-state index contributed by atoms with van der Waals surface area (Å²) in [5.74, 6) is 0.0932. The van der Waals surface area contributed by atoms with Gasteiger partial charge in [0, 0.05) is 6.42 Å². The predicted molar refractivity (Wildman–Crippen MR) is 46.5 cm³/mol. The van der Waals surface area contributed by atoms with Crippen molar-refractivity contribution in [2.45, 2.75) is 12.8 Å². The average molecular weight is 162 g/mol. The highest BCUT2D eigenvalue weighted by Crippen LogP contribution is 2.20. The van der Waals surface area contributed by atoms with Crippen LogP contribution in [0, 0.1) is 11.3 Å². The minimum Gasteiger partial charge on any atom is -0.506 e. The quantitative estimate of drug-likeness (QED) is 0.510. The Bertz CT molecular complexity index is 315. The van der Waals surface area contributed by atoms with Gasteiger partial charge in [-0.15, -0.1) is 0 Å². The van der Waals surface area contributed by atoms with E-state index in [2.05, 4.69) is 0 Å². The third kappa shape index (κ3) is 1.89. The highest BCUT2D eigenvalue weighted by atomic mass is 16.3. The van der Waals surface area contributed by atoms with Crippen molar-refractivity contribution in [1.82, 2.24) is 0 Å². The maximum Gasteiger partial charge on any atom is 0.138 e. The summed E-state index contributed by atoms with van der Waals surface area (Å²) in [7, 11) is 0. The number of hydrogen-bond acceptors (Lipinski definition) is 3. The largest absolute Gasteiger partial charge is 0.506 e. The van der Waals surface area contributed by atoms with Crippen LogP contribution in [-0.2, 0) is 6.42 Å². The number of anilines is 1. The van der Waals surface area contributed by atoms with E-state index in [1.165, 1.54) is 0 Å². The van der Waals surface area contributed by atoms with Crippen LogP contribution >= 0.6 is 0 Å². The topological polar surface area (TPSA) is 70.0 Å². The second kappa shape index (κ2) is 3.63. The van der Waals surface area contributed by atoms with Crippen molar-refractivity contribution in [2.24, 2.45) is 0 Å². The average Bonchev–Trinajstić information content (AvgIpc) is 2.07. The van der Waals surface area contributed by atoms with E-state index in [9.17, 15) is 0 Å². The number of nitriles is 1. The molecule has 1 aromatic carbocycles. The van der Waals surface area contributed by atoms with Gasteiger partial charge in [0.25, 0.3) is 0 Å². The molecule has 0 atom stereocenters. The van der Waals surface area contributed by atoms with Gasteiger partial charge in [-0.1, -0.05) is 6.07 Å². The maximum absolute atomic E-state index is 9.08. The van der Waals surface area contributed by atoms with Crippen LogP contribution in [-0.4, -0.2) is 5.11 Å². The van der Waals surface area contributed by atoms with E-state index < -0.39 is 0 Å². The fourth-order valence-electron chi connectivity index (χ4n) is 0.960. The van der Waals surface area contributed by atoms with Gasteiger partial charge >= 0.3 is 0 Å². The molecule has 0 saturated carbocycles. The SMILES string of the molecule is N#CCCc1ccc(O)c(N)c1. The zero-order valence-corrected chi connectivity index (χ0v) is 6.62. The van der Waals surface area contributed by atoms with Gasteiger partial charge in [-0.3, -0.25) is 0 Å². The van der Waals surface area contributed by atoms with Gasteiger partial charge in [0.15, 0.2) is 0 Å². The first kappa shape index (κ1) is 8.41. The lowest BCUT2D eigenvalue weighted by molar-refractivity contribution is 0.478. The summed E-state index contributed by atoms with van der Waals surface area (Å²) in [5.41, 5.74) is 6.80. The van der Waals surface area contributed by atoms with E-state index in [1.807, 2.05) is 6.07 Å². The number of phenols is 1. The molecule has 0 saturated heterocycles. The molecular formula is C9H10N2O. The Balaban J connectivity index is 2.77. The molecule has 1 aromatic rings. The standard InChI is InChI=1S/C9H10N2O/c10-5-1-2-7-3-4-9(12)8(11)6-7/h3-4,6,12H,1-2,11H2. The van der Waals surface area contributed by atoms with Gasteiger partial charge < -0.3 is 10.8 Å². The molecule has 0 aliphatic heterocycles. The van der Waals surface area contributed by atoms with Crippen molar-refractivity contribution in [3.8, 4) is 11.8 Å². The number of rotatable bonds is 2. The third-order valence-electron chi connectivity index (χ3n) is 1.62. The molecule has 0 bridgehead atoms. The molecule has 0 heterocycles. The molecule has 0 radical (unpaired) electrons. The van der Waals surface area contributed by atoms with Crippen LogP contribution < -0.4 is 5.73 Å². The highest BCUT2D eigenvalue weighted by molar-refractivity contribution is 5.53. The Labute approximate surface area is 71.1 Å². The smallest absolute Gasteiger partial charge is 0.138 e. The predicted octanol–water partition coefficient (Wildman–Crippen LogP) is 1.43. The number of nitrogens with zero attached hydrogens (tertiary/aromatic N) is 1. The summed E-state index contributed by atoms with van der Waals surface area (Å²) in [6, 6.07) is 7.04. The van der Waals surface area contributed by atoms with Gasteiger partial charge in [0.2, 0.25) is 0 Å². The zero-order chi connectivity index (χ0) is 8.97. The minimum atomic E-state index is 0.0932. The van der Waals surface area contributed by atoms with E-state index in [1.54, 1.807) is 18.2 Å². The van der Waals surface area contributed by atoms with Gasteiger partial charge in [-0.25, -0.2) is 0 Å². The first-order valence-electron chi connectivity index (χ1n) is 3.68. The fourth-order valence-corrected chi connectivity index (χ4v) is 0.960. The van der Waals surface area contributed by atoms with Crippen LogP contribution in [0.5, 0.6) is 5.75 Å². The maximum atomic E-state index is 9.08. The molecule has 0 aliphatic rings. The monoisotopic (exact) mass is 162 g/mol. The van der Waals surface area contributed by atoms with Crippen molar-refractivity contribution >= 4 is 5.69 Å². The zero-order valence-electron chi connectivity index (χ0n) is 6.62. The lowest BCUT2D eigenvalue weighted by Gasteiger charge is -2.01. The summed E-state index contributed by atoms with van der Waals surface area (Å²) in [5, 5.41) is 17.4. The van der Waals surface area contributed by atoms with Crippen LogP contribution in [0.4, 0.5) is 5.69 Å². The molecule has 62 valence electrons. The van der Waals surface area contributed by atoms with Gasteiger partial charge in [-0.05, 0) is 24.1 Å². The molecule has 3 N–H and O–H groups in total. The highest BCUT2D eigenvalue weighted by Gasteiger charge is 1.97. The van der Waals surface area contributed by atoms with Crippen molar-refractivity contribution in [2.75, 3.05) is 5.73 Å². The number of aryl methyl sites for hydroxylation is 1. The minimum absolute atomic E-state index is 0.0932. The molecular weight excluding hydrogens is 152 g/mol. The Morgan fingerprint density at radius 3 is 2.83 bits per heavy atom. The molecule has 0 aliphatic carbocycles. The Morgan fingerprint density at radius 2 is 2.25 bits per heavy atom. The van der Waals surface area contributed by atoms with Crippen molar-refractivity contribution in [3.05, 3.63) is 23.8 Å². The number of aromatic hydroxyl groups is 1. The molecule has 1 rings (SSSR count). The molecule has 3 nitrogen and oxygen atoms in total. The number of phenolic OH excluding ortho intramolecular Hbond substituents is 1. The van der Waals surface area contributed by atoms with Crippen LogP contribution in [0.3, 0.4) is 0 Å². The molecule has 0 fully saturated rings. The van der Waals surface area contributed by atoms with Gasteiger partial charge in [0.05, 0.1) is 11.8 Å². The number of nitrogen functional groups attached to an aromatic ring is 1. The lowest BCUT2D eigenvalue weighted by atomic mass is 10.1. The number of nitrogens with two attached hydrogens (primary N) is 1. The second-order valence-electron chi connectivity index (χ2n) is 2.55.